The number of pyridine rings is 1. The number of alkyl halides is 2. The van der Waals surface area contributed by atoms with Crippen molar-refractivity contribution in [2.75, 3.05) is 46.4 Å². The van der Waals surface area contributed by atoms with Crippen molar-refractivity contribution in [1.82, 2.24) is 19.7 Å². The lowest BCUT2D eigenvalue weighted by Crippen LogP contribution is -2.51. The molecule has 3 saturated heterocycles. The number of rotatable bonds is 7. The van der Waals surface area contributed by atoms with E-state index in [1.165, 1.54) is 22.1 Å². The van der Waals surface area contributed by atoms with Crippen LogP contribution >= 0.6 is 0 Å². The fourth-order valence-corrected chi connectivity index (χ4v) is 6.63. The zero-order valence-corrected chi connectivity index (χ0v) is 33.6. The van der Waals surface area contributed by atoms with Crippen LogP contribution in [0.25, 0.3) is 0 Å². The van der Waals surface area contributed by atoms with Crippen molar-refractivity contribution in [3.8, 4) is 5.75 Å². The molecule has 15 heteroatoms. The Hall–Kier alpha value is -4.66. The monoisotopic (exact) mass is 785 g/mol. The van der Waals surface area contributed by atoms with Gasteiger partial charge in [-0.2, -0.15) is 0 Å². The zero-order valence-electron chi connectivity index (χ0n) is 33.6. The molecule has 4 atom stereocenters. The number of hydrogen-bond donors (Lipinski definition) is 1. The molecule has 3 aliphatic heterocycles. The molecule has 1 aromatic heterocycles. The third kappa shape index (κ3) is 12.7. The Balaban J connectivity index is 0.000000389. The van der Waals surface area contributed by atoms with E-state index in [0.717, 1.165) is 0 Å². The van der Waals surface area contributed by atoms with Crippen molar-refractivity contribution in [2.45, 2.75) is 103 Å². The third-order valence-corrected chi connectivity index (χ3v) is 9.85. The SMILES string of the molecule is CC(C)(C)OC(=O)N1CCC(N)[C@H](F)C1.COc1ccc(C(=O)C2CCN(C(=O)c3ccc(C(=O)CC4CCN(C(=O)OC(C)(C)C)C[C@H]4F)cn3)CC2)cc1. The molecular formula is C41H57F2N5O8. The lowest BCUT2D eigenvalue weighted by molar-refractivity contribution is 0.00505. The second-order valence-electron chi connectivity index (χ2n) is 16.6. The first-order valence-electron chi connectivity index (χ1n) is 19.2. The van der Waals surface area contributed by atoms with Crippen LogP contribution in [-0.4, -0.2) is 125 Å². The Kier molecular flexibility index (Phi) is 14.9. The maximum atomic E-state index is 14.9. The van der Waals surface area contributed by atoms with Gasteiger partial charge < -0.3 is 34.6 Å². The van der Waals surface area contributed by atoms with Gasteiger partial charge in [0.25, 0.3) is 5.91 Å². The first kappa shape index (κ1) is 44.1. The van der Waals surface area contributed by atoms with Gasteiger partial charge in [-0.25, -0.2) is 18.4 Å². The summed E-state index contributed by atoms with van der Waals surface area (Å²) in [5, 5.41) is 0. The summed E-state index contributed by atoms with van der Waals surface area (Å²) in [6.07, 6.45) is -0.186. The maximum Gasteiger partial charge on any atom is 0.410 e. The number of nitrogens with two attached hydrogens (primary N) is 1. The smallest absolute Gasteiger partial charge is 0.410 e. The topological polar surface area (TPSA) is 162 Å². The molecule has 3 amide bonds. The number of nitrogens with zero attached hydrogens (tertiary/aromatic N) is 4. The van der Waals surface area contributed by atoms with Crippen LogP contribution in [0, 0.1) is 11.8 Å². The summed E-state index contributed by atoms with van der Waals surface area (Å²) in [6.45, 7) is 12.2. The van der Waals surface area contributed by atoms with Gasteiger partial charge in [0.15, 0.2) is 11.6 Å². The maximum absolute atomic E-state index is 14.9. The average molecular weight is 786 g/mol. The number of carbonyl (C=O) groups is 5. The Morgan fingerprint density at radius 3 is 1.73 bits per heavy atom. The first-order chi connectivity index (χ1) is 26.2. The van der Waals surface area contributed by atoms with Crippen LogP contribution in [0.5, 0.6) is 5.75 Å². The summed E-state index contributed by atoms with van der Waals surface area (Å²) in [6, 6.07) is 9.64. The number of hydrogen-bond acceptors (Lipinski definition) is 10. The lowest BCUT2D eigenvalue weighted by atomic mass is 9.88. The van der Waals surface area contributed by atoms with Gasteiger partial charge in [-0.3, -0.25) is 19.4 Å². The number of amides is 3. The van der Waals surface area contributed by atoms with Crippen LogP contribution in [0.3, 0.4) is 0 Å². The highest BCUT2D eigenvalue weighted by atomic mass is 19.1. The first-order valence-corrected chi connectivity index (χ1v) is 19.2. The number of ketones is 2. The molecule has 4 heterocycles. The van der Waals surface area contributed by atoms with E-state index in [4.69, 9.17) is 19.9 Å². The number of aromatic nitrogens is 1. The normalized spacial score (nSPS) is 22.0. The number of carbonyl (C=O) groups excluding carboxylic acids is 5. The summed E-state index contributed by atoms with van der Waals surface area (Å²) in [7, 11) is 1.57. The minimum Gasteiger partial charge on any atom is -0.497 e. The molecule has 2 aromatic rings. The molecular weight excluding hydrogens is 728 g/mol. The highest BCUT2D eigenvalue weighted by molar-refractivity contribution is 5.99. The Morgan fingerprint density at radius 1 is 0.732 bits per heavy atom. The fourth-order valence-electron chi connectivity index (χ4n) is 6.63. The largest absolute Gasteiger partial charge is 0.497 e. The van der Waals surface area contributed by atoms with Gasteiger partial charge in [0.05, 0.1) is 20.2 Å². The van der Waals surface area contributed by atoms with Crippen molar-refractivity contribution in [2.24, 2.45) is 17.6 Å². The van der Waals surface area contributed by atoms with Crippen molar-refractivity contribution in [1.29, 1.82) is 0 Å². The number of piperidine rings is 3. The molecule has 56 heavy (non-hydrogen) atoms. The molecule has 3 aliphatic rings. The van der Waals surface area contributed by atoms with Gasteiger partial charge in [0, 0.05) is 67.8 Å². The van der Waals surface area contributed by atoms with Crippen molar-refractivity contribution in [3.63, 3.8) is 0 Å². The second-order valence-corrected chi connectivity index (χ2v) is 16.6. The molecule has 0 saturated carbocycles. The number of likely N-dealkylation sites (tertiary alicyclic amines) is 3. The van der Waals surface area contributed by atoms with E-state index >= 15 is 0 Å². The highest BCUT2D eigenvalue weighted by Crippen LogP contribution is 2.28. The summed E-state index contributed by atoms with van der Waals surface area (Å²) in [5.41, 5.74) is 5.47. The predicted molar refractivity (Wildman–Crippen MR) is 205 cm³/mol. The fraction of sp³-hybridized carbons (Fsp3) is 0.610. The van der Waals surface area contributed by atoms with E-state index in [1.54, 1.807) is 83.9 Å². The van der Waals surface area contributed by atoms with Crippen LogP contribution in [-0.2, 0) is 9.47 Å². The molecule has 0 bridgehead atoms. The molecule has 0 radical (unpaired) electrons. The Bertz CT molecular complexity index is 1670. The Labute approximate surface area is 328 Å². The number of Topliss-reactive ketones (excluding diaryl/α,β-unsaturated/α-hetero) is 2. The molecule has 2 unspecified atom stereocenters. The summed E-state index contributed by atoms with van der Waals surface area (Å²) >= 11 is 0. The van der Waals surface area contributed by atoms with Gasteiger partial charge in [-0.05, 0) is 104 Å². The number of benzene rings is 1. The summed E-state index contributed by atoms with van der Waals surface area (Å²) in [5.74, 6) is -0.424. The van der Waals surface area contributed by atoms with Crippen LogP contribution < -0.4 is 10.5 Å². The van der Waals surface area contributed by atoms with Gasteiger partial charge >= 0.3 is 12.2 Å². The molecule has 308 valence electrons. The summed E-state index contributed by atoms with van der Waals surface area (Å²) < 4.78 is 43.7. The summed E-state index contributed by atoms with van der Waals surface area (Å²) in [4.78, 5) is 71.2. The molecule has 3 fully saturated rings. The van der Waals surface area contributed by atoms with E-state index < -0.39 is 47.7 Å². The van der Waals surface area contributed by atoms with Crippen LogP contribution in [0.1, 0.15) is 105 Å². The van der Waals surface area contributed by atoms with E-state index in [9.17, 15) is 32.8 Å². The van der Waals surface area contributed by atoms with Crippen molar-refractivity contribution in [3.05, 3.63) is 59.4 Å². The molecule has 0 aliphatic carbocycles. The minimum atomic E-state index is -1.34. The second kappa shape index (κ2) is 19.0. The minimum absolute atomic E-state index is 0.00592. The van der Waals surface area contributed by atoms with E-state index in [1.807, 2.05) is 0 Å². The average Bonchev–Trinajstić information content (AvgIpc) is 3.15. The van der Waals surface area contributed by atoms with Crippen LogP contribution in [0.15, 0.2) is 42.6 Å². The van der Waals surface area contributed by atoms with Crippen LogP contribution in [0.2, 0.25) is 0 Å². The third-order valence-electron chi connectivity index (χ3n) is 9.85. The van der Waals surface area contributed by atoms with Gasteiger partial charge in [-0.15, -0.1) is 0 Å². The van der Waals surface area contributed by atoms with Gasteiger partial charge in [0.1, 0.15) is 35.0 Å². The molecule has 5 rings (SSSR count). The quantitative estimate of drug-likeness (QED) is 0.316. The predicted octanol–water partition coefficient (Wildman–Crippen LogP) is 6.29. The van der Waals surface area contributed by atoms with E-state index in [0.29, 0.717) is 68.7 Å². The number of methoxy groups -OCH3 is 1. The molecule has 2 N–H and O–H groups in total. The van der Waals surface area contributed by atoms with E-state index in [-0.39, 0.29) is 48.6 Å². The highest BCUT2D eigenvalue weighted by Gasteiger charge is 2.36. The van der Waals surface area contributed by atoms with Gasteiger partial charge in [-0.1, -0.05) is 0 Å². The molecule has 0 spiro atoms. The van der Waals surface area contributed by atoms with Crippen molar-refractivity contribution < 1.29 is 47.0 Å². The Morgan fingerprint density at radius 2 is 1.25 bits per heavy atom. The van der Waals surface area contributed by atoms with E-state index in [2.05, 4.69) is 4.98 Å². The zero-order chi connectivity index (χ0) is 41.4. The number of ether oxygens (including phenoxy) is 3. The lowest BCUT2D eigenvalue weighted by Gasteiger charge is -2.35. The standard InChI is InChI=1S/C31H38FN3O6.C10H19FN2O2/c1-31(2,3)41-30(39)35-16-13-22(25(32)19-35)17-27(36)23-7-10-26(33-18-23)29(38)34-14-11-21(12-15-34)28(37)20-5-8-24(40-4)9-6-20;1-10(2,3)15-9(14)13-5-4-8(12)7(11)6-13/h5-10,18,21-22,25H,11-17,19H2,1-4H3;7-8H,4-6,12H2,1-3H3/t22?,25-;7-,8?/m11/s1. The van der Waals surface area contributed by atoms with Gasteiger partial charge in [0.2, 0.25) is 0 Å². The molecule has 13 nitrogen and oxygen atoms in total. The number of halogens is 2. The molecule has 1 aromatic carbocycles. The van der Waals surface area contributed by atoms with Crippen molar-refractivity contribution >= 4 is 29.7 Å². The van der Waals surface area contributed by atoms with Crippen LogP contribution in [0.4, 0.5) is 18.4 Å².